The van der Waals surface area contributed by atoms with E-state index in [0.717, 1.165) is 36.2 Å². The van der Waals surface area contributed by atoms with Gasteiger partial charge in [0.2, 0.25) is 5.88 Å². The van der Waals surface area contributed by atoms with Crippen molar-refractivity contribution >= 4 is 6.03 Å². The largest absolute Gasteiger partial charge is 0.435 e. The summed E-state index contributed by atoms with van der Waals surface area (Å²) in [6.07, 6.45) is 2.72. The van der Waals surface area contributed by atoms with Gasteiger partial charge in [-0.2, -0.15) is 5.10 Å². The Labute approximate surface area is 212 Å². The molecule has 1 saturated heterocycles. The summed E-state index contributed by atoms with van der Waals surface area (Å²) in [6.45, 7) is 8.14. The fourth-order valence-corrected chi connectivity index (χ4v) is 4.33. The van der Waals surface area contributed by atoms with Crippen LogP contribution in [-0.2, 0) is 11.3 Å². The number of aromatic nitrogens is 2. The van der Waals surface area contributed by atoms with Gasteiger partial charge in [0.15, 0.2) is 11.6 Å². The summed E-state index contributed by atoms with van der Waals surface area (Å²) in [5.41, 5.74) is 2.34. The number of carbonyl (C=O) groups is 1. The van der Waals surface area contributed by atoms with Gasteiger partial charge in [0.05, 0.1) is 29.6 Å². The fourth-order valence-electron chi connectivity index (χ4n) is 4.33. The molecule has 1 N–H and O–H groups in total. The quantitative estimate of drug-likeness (QED) is 0.374. The van der Waals surface area contributed by atoms with Crippen molar-refractivity contribution in [3.05, 3.63) is 71.7 Å². The number of hydrogen-bond acceptors (Lipinski definition) is 4. The van der Waals surface area contributed by atoms with Crippen molar-refractivity contribution in [2.75, 3.05) is 19.7 Å². The van der Waals surface area contributed by atoms with E-state index in [4.69, 9.17) is 14.6 Å². The van der Waals surface area contributed by atoms with Gasteiger partial charge in [-0.3, -0.25) is 0 Å². The van der Waals surface area contributed by atoms with Crippen molar-refractivity contribution in [3.8, 4) is 17.3 Å². The molecule has 0 bridgehead atoms. The predicted octanol–water partition coefficient (Wildman–Crippen LogP) is 6.03. The van der Waals surface area contributed by atoms with Gasteiger partial charge in [-0.25, -0.2) is 13.9 Å². The lowest BCUT2D eigenvalue weighted by Gasteiger charge is -2.26. The van der Waals surface area contributed by atoms with Crippen LogP contribution in [0.1, 0.15) is 57.2 Å². The Bertz CT molecular complexity index is 1140. The molecule has 1 aliphatic rings. The number of nitrogens with zero attached hydrogens (tertiary/aromatic N) is 3. The molecule has 0 spiro atoms. The van der Waals surface area contributed by atoms with Crippen molar-refractivity contribution in [1.82, 2.24) is 20.0 Å². The van der Waals surface area contributed by atoms with Gasteiger partial charge in [0, 0.05) is 19.7 Å². The Morgan fingerprint density at radius 3 is 2.64 bits per heavy atom. The number of benzene rings is 2. The molecule has 2 heterocycles. The van der Waals surface area contributed by atoms with Gasteiger partial charge in [-0.05, 0) is 49.4 Å². The second-order valence-corrected chi connectivity index (χ2v) is 9.35. The van der Waals surface area contributed by atoms with E-state index in [2.05, 4.69) is 19.2 Å². The maximum Gasteiger partial charge on any atom is 0.317 e. The molecule has 192 valence electrons. The first-order chi connectivity index (χ1) is 17.5. The molecule has 2 amide bonds. The average molecular weight is 495 g/mol. The van der Waals surface area contributed by atoms with E-state index < -0.39 is 5.82 Å². The molecular formula is C28H35FN4O3. The van der Waals surface area contributed by atoms with E-state index in [1.54, 1.807) is 27.8 Å². The maximum absolute atomic E-state index is 14.7. The highest BCUT2D eigenvalue weighted by molar-refractivity contribution is 5.74. The third-order valence-corrected chi connectivity index (χ3v) is 6.17. The first kappa shape index (κ1) is 25.7. The highest BCUT2D eigenvalue weighted by Crippen LogP contribution is 2.35. The van der Waals surface area contributed by atoms with Crippen LogP contribution in [-0.4, -0.2) is 46.5 Å². The molecule has 4 rings (SSSR count). The lowest BCUT2D eigenvalue weighted by molar-refractivity contribution is 0.0792. The molecule has 2 aromatic carbocycles. The average Bonchev–Trinajstić information content (AvgIpc) is 3.52. The highest BCUT2D eigenvalue weighted by atomic mass is 19.1. The molecule has 1 aliphatic heterocycles. The number of nitrogens with one attached hydrogen (secondary N) is 1. The molecule has 1 atom stereocenters. The number of rotatable bonds is 10. The third-order valence-electron chi connectivity index (χ3n) is 6.17. The van der Waals surface area contributed by atoms with Crippen LogP contribution in [0.4, 0.5) is 9.18 Å². The minimum atomic E-state index is -0.466. The molecule has 1 aromatic heterocycles. The Kier molecular flexibility index (Phi) is 8.59. The lowest BCUT2D eigenvalue weighted by atomic mass is 10.1. The van der Waals surface area contributed by atoms with Crippen molar-refractivity contribution in [3.63, 3.8) is 0 Å². The zero-order chi connectivity index (χ0) is 25.5. The molecule has 0 saturated carbocycles. The van der Waals surface area contributed by atoms with Crippen molar-refractivity contribution in [2.45, 2.75) is 58.6 Å². The number of amides is 2. The van der Waals surface area contributed by atoms with Crippen LogP contribution >= 0.6 is 0 Å². The summed E-state index contributed by atoms with van der Waals surface area (Å²) in [5, 5.41) is 7.89. The van der Waals surface area contributed by atoms with E-state index in [1.165, 1.54) is 6.07 Å². The topological polar surface area (TPSA) is 68.6 Å². The normalized spacial score (nSPS) is 15.3. The molecule has 0 unspecified atom stereocenters. The molecule has 8 heteroatoms. The molecule has 0 radical (unpaired) electrons. The molecule has 7 nitrogen and oxygen atoms in total. The Morgan fingerprint density at radius 1 is 1.22 bits per heavy atom. The number of ether oxygens (including phenoxy) is 2. The zero-order valence-electron chi connectivity index (χ0n) is 21.2. The first-order valence-electron chi connectivity index (χ1n) is 12.7. The van der Waals surface area contributed by atoms with Crippen molar-refractivity contribution < 1.29 is 18.7 Å². The van der Waals surface area contributed by atoms with Crippen LogP contribution in [0, 0.1) is 5.82 Å². The SMILES string of the molecule is CCCNC(=O)N(Cc1c(C(C)C)nn(-c2ccccc2)c1Oc1ccccc1F)C[C@H]1CCCO1. The first-order valence-corrected chi connectivity index (χ1v) is 12.7. The number of para-hydroxylation sites is 2. The van der Waals surface area contributed by atoms with Crippen molar-refractivity contribution in [2.24, 2.45) is 0 Å². The number of carbonyl (C=O) groups excluding carboxylic acids is 1. The summed E-state index contributed by atoms with van der Waals surface area (Å²) >= 11 is 0. The van der Waals surface area contributed by atoms with E-state index in [9.17, 15) is 9.18 Å². The minimum Gasteiger partial charge on any atom is -0.435 e. The molecule has 1 fully saturated rings. The highest BCUT2D eigenvalue weighted by Gasteiger charge is 2.29. The predicted molar refractivity (Wildman–Crippen MR) is 137 cm³/mol. The fraction of sp³-hybridized carbons (Fsp3) is 0.429. The van der Waals surface area contributed by atoms with Crippen LogP contribution in [0.25, 0.3) is 5.69 Å². The third kappa shape index (κ3) is 6.05. The Hall–Kier alpha value is -3.39. The zero-order valence-corrected chi connectivity index (χ0v) is 21.2. The van der Waals surface area contributed by atoms with Crippen LogP contribution in [0.5, 0.6) is 11.6 Å². The van der Waals surface area contributed by atoms with E-state index in [1.807, 2.05) is 37.3 Å². The molecular weight excluding hydrogens is 459 g/mol. The second-order valence-electron chi connectivity index (χ2n) is 9.35. The van der Waals surface area contributed by atoms with E-state index in [0.29, 0.717) is 25.6 Å². The summed E-state index contributed by atoms with van der Waals surface area (Å²) in [7, 11) is 0. The molecule has 0 aliphatic carbocycles. The summed E-state index contributed by atoms with van der Waals surface area (Å²) in [6, 6.07) is 15.8. The minimum absolute atomic E-state index is 0.0139. The van der Waals surface area contributed by atoms with Crippen molar-refractivity contribution in [1.29, 1.82) is 0 Å². The Balaban J connectivity index is 1.78. The summed E-state index contributed by atoms with van der Waals surface area (Å²) < 4.78 is 28.4. The van der Waals surface area contributed by atoms with E-state index in [-0.39, 0.29) is 30.3 Å². The maximum atomic E-state index is 14.7. The second kappa shape index (κ2) is 12.0. The van der Waals surface area contributed by atoms with Crippen LogP contribution in [0.3, 0.4) is 0 Å². The Morgan fingerprint density at radius 2 is 1.97 bits per heavy atom. The van der Waals surface area contributed by atoms with Gasteiger partial charge in [0.1, 0.15) is 0 Å². The van der Waals surface area contributed by atoms with Gasteiger partial charge < -0.3 is 19.7 Å². The summed E-state index contributed by atoms with van der Waals surface area (Å²) in [4.78, 5) is 15.0. The van der Waals surface area contributed by atoms with Crippen LogP contribution in [0.15, 0.2) is 54.6 Å². The van der Waals surface area contributed by atoms with Gasteiger partial charge in [-0.15, -0.1) is 0 Å². The molecule has 3 aromatic rings. The smallest absolute Gasteiger partial charge is 0.317 e. The monoisotopic (exact) mass is 494 g/mol. The summed E-state index contributed by atoms with van der Waals surface area (Å²) in [5.74, 6) is 0.0892. The van der Waals surface area contributed by atoms with Gasteiger partial charge in [-0.1, -0.05) is 51.1 Å². The van der Waals surface area contributed by atoms with Gasteiger partial charge >= 0.3 is 6.03 Å². The van der Waals surface area contributed by atoms with Crippen LogP contribution < -0.4 is 10.1 Å². The van der Waals surface area contributed by atoms with Gasteiger partial charge in [0.25, 0.3) is 0 Å². The van der Waals surface area contributed by atoms with Crippen LogP contribution in [0.2, 0.25) is 0 Å². The number of halogens is 1. The molecule has 36 heavy (non-hydrogen) atoms. The standard InChI is InChI=1S/C28H35FN4O3/c1-4-16-30-28(34)32(18-22-13-10-17-35-22)19-23-26(20(2)3)31-33(21-11-6-5-7-12-21)27(23)36-25-15-9-8-14-24(25)29/h5-9,11-12,14-15,20,22H,4,10,13,16-19H2,1-3H3,(H,30,34)/t22-/m1/s1. The lowest BCUT2D eigenvalue weighted by Crippen LogP contribution is -2.43. The number of urea groups is 1. The van der Waals surface area contributed by atoms with E-state index >= 15 is 0 Å². The number of hydrogen-bond donors (Lipinski definition) is 1.